The van der Waals surface area contributed by atoms with Crippen LogP contribution in [-0.4, -0.2) is 41.8 Å². The van der Waals surface area contributed by atoms with Gasteiger partial charge in [-0.3, -0.25) is 4.79 Å². The quantitative estimate of drug-likeness (QED) is 0.547. The minimum Gasteiger partial charge on any atom is -0.480 e. The Hall–Kier alpha value is -3.79. The minimum absolute atomic E-state index is 0.0212. The van der Waals surface area contributed by atoms with Crippen molar-refractivity contribution < 1.29 is 24.2 Å². The smallest absolute Gasteiger partial charge is 0.407 e. The summed E-state index contributed by atoms with van der Waals surface area (Å²) in [5.74, 6) is 0.367. The van der Waals surface area contributed by atoms with Crippen molar-refractivity contribution in [3.05, 3.63) is 59.7 Å². The molecule has 2 aromatic carbocycles. The van der Waals surface area contributed by atoms with E-state index in [1.807, 2.05) is 24.3 Å². The van der Waals surface area contributed by atoms with Gasteiger partial charge in [-0.2, -0.15) is 0 Å². The number of hydrogen-bond acceptors (Lipinski definition) is 4. The number of hydrogen-bond donors (Lipinski definition) is 3. The number of benzene rings is 2. The van der Waals surface area contributed by atoms with Crippen molar-refractivity contribution in [3.8, 4) is 23.5 Å². The van der Waals surface area contributed by atoms with Gasteiger partial charge in [-0.1, -0.05) is 55.0 Å². The van der Waals surface area contributed by atoms with E-state index >= 15 is 0 Å². The summed E-state index contributed by atoms with van der Waals surface area (Å²) in [4.78, 5) is 36.4. The molecule has 2 aliphatic rings. The molecular weight excluding hydrogens is 432 g/mol. The second kappa shape index (κ2) is 10.4. The molecular formula is C27H28N2O5. The molecule has 3 atom stereocenters. The van der Waals surface area contributed by atoms with Gasteiger partial charge in [0.05, 0.1) is 0 Å². The van der Waals surface area contributed by atoms with Crippen LogP contribution in [0.15, 0.2) is 48.5 Å². The highest BCUT2D eigenvalue weighted by Gasteiger charge is 2.32. The van der Waals surface area contributed by atoms with E-state index in [2.05, 4.69) is 40.8 Å². The second-order valence-electron chi connectivity index (χ2n) is 8.84. The summed E-state index contributed by atoms with van der Waals surface area (Å²) in [5.41, 5.74) is 4.62. The standard InChI is InChI=1S/C27H28N2O5/c1-2-8-24(26(31)32)29-25(30)17-9-7-10-18(15-17)28-27(33)34-16-23-21-13-5-3-11-19(21)20-12-4-6-14-22(20)23/h1,3-6,11-14,17-18,23-24H,7-10,15-16H2,(H,28,33)(H,29,30)(H,31,32)/t17-,18+,24?/m1/s1. The van der Waals surface area contributed by atoms with Crippen molar-refractivity contribution in [3.63, 3.8) is 0 Å². The van der Waals surface area contributed by atoms with E-state index in [1.165, 1.54) is 0 Å². The Balaban J connectivity index is 1.32. The SMILES string of the molecule is C#CCC(NC(=O)[C@@H]1CCC[C@H](NC(=O)OCC2c3ccccc3-c3ccccc32)C1)C(=O)O. The van der Waals surface area contributed by atoms with Crippen molar-refractivity contribution in [2.45, 2.75) is 50.1 Å². The van der Waals surface area contributed by atoms with Crippen LogP contribution in [0.3, 0.4) is 0 Å². The normalized spacial score (nSPS) is 19.7. The van der Waals surface area contributed by atoms with Gasteiger partial charge in [0.15, 0.2) is 0 Å². The molecule has 1 unspecified atom stereocenters. The molecule has 0 heterocycles. The van der Waals surface area contributed by atoms with Gasteiger partial charge in [0.1, 0.15) is 12.6 Å². The number of carbonyl (C=O) groups is 3. The van der Waals surface area contributed by atoms with Gasteiger partial charge in [0.2, 0.25) is 5.91 Å². The van der Waals surface area contributed by atoms with Crippen LogP contribution in [0, 0.1) is 18.3 Å². The van der Waals surface area contributed by atoms with Crippen molar-refractivity contribution in [1.82, 2.24) is 10.6 Å². The van der Waals surface area contributed by atoms with E-state index < -0.39 is 18.1 Å². The molecule has 0 bridgehead atoms. The van der Waals surface area contributed by atoms with E-state index in [-0.39, 0.29) is 36.8 Å². The molecule has 0 spiro atoms. The molecule has 1 saturated carbocycles. The third-order valence-electron chi connectivity index (χ3n) is 6.65. The lowest BCUT2D eigenvalue weighted by atomic mass is 9.85. The maximum Gasteiger partial charge on any atom is 0.407 e. The Morgan fingerprint density at radius 1 is 1.06 bits per heavy atom. The average molecular weight is 461 g/mol. The van der Waals surface area contributed by atoms with Crippen molar-refractivity contribution in [1.29, 1.82) is 0 Å². The third kappa shape index (κ3) is 5.07. The number of aliphatic carboxylic acids is 1. The molecule has 3 N–H and O–H groups in total. The number of nitrogens with one attached hydrogen (secondary N) is 2. The molecule has 0 aliphatic heterocycles. The number of fused-ring (bicyclic) bond motifs is 3. The topological polar surface area (TPSA) is 105 Å². The Bertz CT molecular complexity index is 1080. The molecule has 0 radical (unpaired) electrons. The zero-order valence-corrected chi connectivity index (χ0v) is 18.8. The zero-order chi connectivity index (χ0) is 24.1. The summed E-state index contributed by atoms with van der Waals surface area (Å²) in [6.45, 7) is 0.225. The van der Waals surface area contributed by atoms with Crippen molar-refractivity contribution in [2.75, 3.05) is 6.61 Å². The van der Waals surface area contributed by atoms with Gasteiger partial charge in [0.25, 0.3) is 0 Å². The Morgan fingerprint density at radius 2 is 1.71 bits per heavy atom. The van der Waals surface area contributed by atoms with Crippen LogP contribution in [0.25, 0.3) is 11.1 Å². The summed E-state index contributed by atoms with van der Waals surface area (Å²) in [7, 11) is 0. The van der Waals surface area contributed by atoms with E-state index in [0.717, 1.165) is 35.1 Å². The van der Waals surface area contributed by atoms with Crippen LogP contribution in [0.1, 0.15) is 49.1 Å². The predicted molar refractivity (Wildman–Crippen MR) is 127 cm³/mol. The number of terminal acetylenes is 1. The number of rotatable bonds is 7. The first-order chi connectivity index (χ1) is 16.5. The molecule has 1 fully saturated rings. The summed E-state index contributed by atoms with van der Waals surface area (Å²) in [5, 5.41) is 14.6. The highest BCUT2D eigenvalue weighted by Crippen LogP contribution is 2.44. The first kappa shape index (κ1) is 23.4. The highest BCUT2D eigenvalue weighted by atomic mass is 16.5. The maximum atomic E-state index is 12.6. The molecule has 7 heteroatoms. The fourth-order valence-corrected chi connectivity index (χ4v) is 4.97. The Labute approximate surface area is 198 Å². The number of carbonyl (C=O) groups excluding carboxylic acids is 2. The van der Waals surface area contributed by atoms with E-state index in [1.54, 1.807) is 0 Å². The number of carboxylic acid groups (broad SMARTS) is 1. The molecule has 7 nitrogen and oxygen atoms in total. The summed E-state index contributed by atoms with van der Waals surface area (Å²) < 4.78 is 5.62. The summed E-state index contributed by atoms with van der Waals surface area (Å²) in [6, 6.07) is 15.0. The van der Waals surface area contributed by atoms with Crippen molar-refractivity contribution in [2.24, 2.45) is 5.92 Å². The van der Waals surface area contributed by atoms with Gasteiger partial charge in [-0.05, 0) is 41.5 Å². The lowest BCUT2D eigenvalue weighted by Crippen LogP contribution is -2.47. The first-order valence-corrected chi connectivity index (χ1v) is 11.6. The van der Waals surface area contributed by atoms with Gasteiger partial charge in [-0.15, -0.1) is 12.3 Å². The van der Waals surface area contributed by atoms with Crippen LogP contribution in [0.2, 0.25) is 0 Å². The van der Waals surface area contributed by atoms with Crippen molar-refractivity contribution >= 4 is 18.0 Å². The fourth-order valence-electron chi connectivity index (χ4n) is 4.97. The molecule has 0 aromatic heterocycles. The van der Waals surface area contributed by atoms with Crippen LogP contribution in [-0.2, 0) is 14.3 Å². The number of amides is 2. The predicted octanol–water partition coefficient (Wildman–Crippen LogP) is 3.68. The Kier molecular flexibility index (Phi) is 7.17. The first-order valence-electron chi connectivity index (χ1n) is 11.6. The van der Waals surface area contributed by atoms with Gasteiger partial charge >= 0.3 is 12.1 Å². The highest BCUT2D eigenvalue weighted by molar-refractivity contribution is 5.85. The van der Waals surface area contributed by atoms with E-state index in [9.17, 15) is 19.5 Å². The number of alkyl carbamates (subject to hydrolysis) is 1. The molecule has 2 aliphatic carbocycles. The lowest BCUT2D eigenvalue weighted by Gasteiger charge is -2.29. The number of ether oxygens (including phenoxy) is 1. The van der Waals surface area contributed by atoms with E-state index in [4.69, 9.17) is 11.2 Å². The van der Waals surface area contributed by atoms with Crippen LogP contribution >= 0.6 is 0 Å². The minimum atomic E-state index is -1.16. The molecule has 34 heavy (non-hydrogen) atoms. The Morgan fingerprint density at radius 3 is 2.32 bits per heavy atom. The lowest BCUT2D eigenvalue weighted by molar-refractivity contribution is -0.142. The fraction of sp³-hybridized carbons (Fsp3) is 0.370. The largest absolute Gasteiger partial charge is 0.480 e. The second-order valence-corrected chi connectivity index (χ2v) is 8.84. The molecule has 2 amide bonds. The van der Waals surface area contributed by atoms with E-state index in [0.29, 0.717) is 12.8 Å². The summed E-state index contributed by atoms with van der Waals surface area (Å²) in [6.07, 6.45) is 7.17. The molecule has 176 valence electrons. The zero-order valence-electron chi connectivity index (χ0n) is 18.8. The molecule has 4 rings (SSSR count). The van der Waals surface area contributed by atoms with Gasteiger partial charge in [0, 0.05) is 24.3 Å². The number of carboxylic acids is 1. The molecule has 2 aromatic rings. The molecule has 0 saturated heterocycles. The third-order valence-corrected chi connectivity index (χ3v) is 6.65. The van der Waals surface area contributed by atoms with Crippen LogP contribution < -0.4 is 10.6 Å². The average Bonchev–Trinajstić information content (AvgIpc) is 3.16. The monoisotopic (exact) mass is 460 g/mol. The van der Waals surface area contributed by atoms with Gasteiger partial charge < -0.3 is 20.5 Å². The van der Waals surface area contributed by atoms with Gasteiger partial charge in [-0.25, -0.2) is 9.59 Å². The maximum absolute atomic E-state index is 12.6. The summed E-state index contributed by atoms with van der Waals surface area (Å²) >= 11 is 0. The van der Waals surface area contributed by atoms with Crippen LogP contribution in [0.5, 0.6) is 0 Å². The van der Waals surface area contributed by atoms with Crippen LogP contribution in [0.4, 0.5) is 4.79 Å².